The topological polar surface area (TPSA) is 44.4 Å². The molecule has 22 heavy (non-hydrogen) atoms. The normalized spacial score (nSPS) is 23.7. The molecule has 3 rings (SSSR count). The second-order valence-electron chi connectivity index (χ2n) is 5.93. The average molecular weight is 313 g/mol. The number of hydrogen-bond donors (Lipinski definition) is 2. The molecule has 2 atom stereocenters. The van der Waals surface area contributed by atoms with Gasteiger partial charge in [0.15, 0.2) is 0 Å². The summed E-state index contributed by atoms with van der Waals surface area (Å²) in [6.07, 6.45) is -0.873. The summed E-state index contributed by atoms with van der Waals surface area (Å²) in [4.78, 5) is 13.9. The van der Waals surface area contributed by atoms with Gasteiger partial charge in [0, 0.05) is 12.6 Å². The second kappa shape index (κ2) is 5.70. The van der Waals surface area contributed by atoms with Crippen molar-refractivity contribution in [3.63, 3.8) is 0 Å². The summed E-state index contributed by atoms with van der Waals surface area (Å²) in [7, 11) is 0. The van der Waals surface area contributed by atoms with Gasteiger partial charge < -0.3 is 15.5 Å². The van der Waals surface area contributed by atoms with E-state index in [0.29, 0.717) is 17.6 Å². The zero-order valence-corrected chi connectivity index (χ0v) is 12.0. The van der Waals surface area contributed by atoms with E-state index in [2.05, 4.69) is 10.2 Å². The van der Waals surface area contributed by atoms with Crippen LogP contribution in [0, 0.1) is 5.92 Å². The quantitative estimate of drug-likeness (QED) is 0.899. The number of rotatable bonds is 3. The summed E-state index contributed by atoms with van der Waals surface area (Å²) < 4.78 is 36.4. The fourth-order valence-electron chi connectivity index (χ4n) is 3.40. The highest BCUT2D eigenvalue weighted by Crippen LogP contribution is 2.42. The Kier molecular flexibility index (Phi) is 3.88. The molecule has 1 aliphatic heterocycles. The first-order chi connectivity index (χ1) is 10.4. The SMILES string of the molecule is O=C(NCC(F)(F)F)Nc1ccccc1N1CC2CCC1C2. The third kappa shape index (κ3) is 3.28. The zero-order valence-electron chi connectivity index (χ0n) is 12.0. The third-order valence-corrected chi connectivity index (χ3v) is 4.32. The van der Waals surface area contributed by atoms with Crippen molar-refractivity contribution in [3.05, 3.63) is 24.3 Å². The van der Waals surface area contributed by atoms with Crippen molar-refractivity contribution < 1.29 is 18.0 Å². The number of para-hydroxylation sites is 2. The summed E-state index contributed by atoms with van der Waals surface area (Å²) in [5.41, 5.74) is 1.44. The first-order valence-electron chi connectivity index (χ1n) is 7.39. The van der Waals surface area contributed by atoms with Crippen LogP contribution in [0.3, 0.4) is 0 Å². The Morgan fingerprint density at radius 2 is 2.05 bits per heavy atom. The largest absolute Gasteiger partial charge is 0.405 e. The van der Waals surface area contributed by atoms with E-state index in [4.69, 9.17) is 0 Å². The molecule has 7 heteroatoms. The molecule has 1 aromatic carbocycles. The van der Waals surface area contributed by atoms with E-state index >= 15 is 0 Å². The van der Waals surface area contributed by atoms with Gasteiger partial charge in [-0.15, -0.1) is 0 Å². The number of alkyl halides is 3. The Hall–Kier alpha value is -1.92. The molecule has 4 nitrogen and oxygen atoms in total. The number of benzene rings is 1. The lowest BCUT2D eigenvalue weighted by molar-refractivity contribution is -0.122. The molecule has 1 heterocycles. The van der Waals surface area contributed by atoms with Crippen LogP contribution in [0.1, 0.15) is 19.3 Å². The average Bonchev–Trinajstić information content (AvgIpc) is 3.08. The molecule has 2 aliphatic rings. The Labute approximate surface area is 126 Å². The summed E-state index contributed by atoms with van der Waals surface area (Å²) in [6.45, 7) is -0.386. The highest BCUT2D eigenvalue weighted by atomic mass is 19.4. The van der Waals surface area contributed by atoms with E-state index in [-0.39, 0.29) is 0 Å². The van der Waals surface area contributed by atoms with Gasteiger partial charge >= 0.3 is 12.2 Å². The van der Waals surface area contributed by atoms with Crippen LogP contribution in [0.4, 0.5) is 29.3 Å². The smallest absolute Gasteiger partial charge is 0.367 e. The van der Waals surface area contributed by atoms with Gasteiger partial charge in [0.05, 0.1) is 11.4 Å². The maximum atomic E-state index is 12.1. The van der Waals surface area contributed by atoms with E-state index in [9.17, 15) is 18.0 Å². The van der Waals surface area contributed by atoms with E-state index in [1.54, 1.807) is 12.1 Å². The van der Waals surface area contributed by atoms with Gasteiger partial charge in [-0.25, -0.2) is 4.79 Å². The summed E-state index contributed by atoms with van der Waals surface area (Å²) in [6, 6.07) is 6.90. The lowest BCUT2D eigenvalue weighted by atomic mass is 10.1. The molecule has 2 bridgehead atoms. The number of carbonyl (C=O) groups is 1. The number of carbonyl (C=O) groups excluding carboxylic acids is 1. The van der Waals surface area contributed by atoms with Crippen molar-refractivity contribution in [1.29, 1.82) is 0 Å². The molecule has 2 N–H and O–H groups in total. The molecule has 1 saturated heterocycles. The molecule has 120 valence electrons. The van der Waals surface area contributed by atoms with E-state index in [0.717, 1.165) is 25.1 Å². The van der Waals surface area contributed by atoms with E-state index in [1.807, 2.05) is 17.4 Å². The van der Waals surface area contributed by atoms with Crippen LogP contribution in [-0.4, -0.2) is 31.3 Å². The first-order valence-corrected chi connectivity index (χ1v) is 7.39. The van der Waals surface area contributed by atoms with Crippen molar-refractivity contribution in [3.8, 4) is 0 Å². The van der Waals surface area contributed by atoms with Crippen molar-refractivity contribution in [2.75, 3.05) is 23.3 Å². The van der Waals surface area contributed by atoms with Crippen LogP contribution in [0.15, 0.2) is 24.3 Å². The van der Waals surface area contributed by atoms with Crippen LogP contribution in [0.5, 0.6) is 0 Å². The van der Waals surface area contributed by atoms with Crippen molar-refractivity contribution in [2.45, 2.75) is 31.5 Å². The maximum absolute atomic E-state index is 12.1. The molecule has 1 saturated carbocycles. The third-order valence-electron chi connectivity index (χ3n) is 4.32. The lowest BCUT2D eigenvalue weighted by Gasteiger charge is -2.31. The molecule has 2 fully saturated rings. The predicted octanol–water partition coefficient (Wildman–Crippen LogP) is 3.36. The summed E-state index contributed by atoms with van der Waals surface area (Å²) >= 11 is 0. The van der Waals surface area contributed by atoms with Crippen LogP contribution in [-0.2, 0) is 0 Å². The first kappa shape index (κ1) is 15.0. The maximum Gasteiger partial charge on any atom is 0.405 e. The number of amides is 2. The number of hydrogen-bond acceptors (Lipinski definition) is 2. The highest BCUT2D eigenvalue weighted by molar-refractivity contribution is 5.93. The number of nitrogens with zero attached hydrogens (tertiary/aromatic N) is 1. The minimum absolute atomic E-state index is 0.478. The predicted molar refractivity (Wildman–Crippen MR) is 78.0 cm³/mol. The highest BCUT2D eigenvalue weighted by Gasteiger charge is 2.38. The number of piperidine rings is 1. The van der Waals surface area contributed by atoms with Crippen LogP contribution in [0.2, 0.25) is 0 Å². The molecule has 0 radical (unpaired) electrons. The number of anilines is 2. The Morgan fingerprint density at radius 1 is 1.27 bits per heavy atom. The molecule has 1 aliphatic carbocycles. The van der Waals surface area contributed by atoms with Gasteiger partial charge in [-0.2, -0.15) is 13.2 Å². The van der Waals surface area contributed by atoms with Crippen LogP contribution in [0.25, 0.3) is 0 Å². The standard InChI is InChI=1S/C15H18F3N3O/c16-15(17,18)9-19-14(22)20-12-3-1-2-4-13(12)21-8-10-5-6-11(21)7-10/h1-4,10-11H,5-9H2,(H2,19,20,22). The minimum atomic E-state index is -4.41. The van der Waals surface area contributed by atoms with Gasteiger partial charge in [-0.3, -0.25) is 0 Å². The number of halogens is 3. The Morgan fingerprint density at radius 3 is 2.68 bits per heavy atom. The van der Waals surface area contributed by atoms with Gasteiger partial charge in [-0.05, 0) is 37.3 Å². The van der Waals surface area contributed by atoms with Gasteiger partial charge in [0.2, 0.25) is 0 Å². The van der Waals surface area contributed by atoms with E-state index < -0.39 is 18.8 Å². The fourth-order valence-corrected chi connectivity index (χ4v) is 3.40. The summed E-state index contributed by atoms with van der Waals surface area (Å²) in [5, 5.41) is 4.36. The van der Waals surface area contributed by atoms with Crippen molar-refractivity contribution >= 4 is 17.4 Å². The lowest BCUT2D eigenvalue weighted by Crippen LogP contribution is -2.37. The number of fused-ring (bicyclic) bond motifs is 2. The molecule has 0 spiro atoms. The number of urea groups is 1. The van der Waals surface area contributed by atoms with Gasteiger partial charge in [0.1, 0.15) is 6.54 Å². The Bertz CT molecular complexity index is 561. The minimum Gasteiger partial charge on any atom is -0.367 e. The fraction of sp³-hybridized carbons (Fsp3) is 0.533. The second-order valence-corrected chi connectivity index (χ2v) is 5.93. The molecule has 1 aromatic rings. The zero-order chi connectivity index (χ0) is 15.7. The monoisotopic (exact) mass is 313 g/mol. The molecule has 2 amide bonds. The molecular formula is C15H18F3N3O. The molecular weight excluding hydrogens is 295 g/mol. The molecule has 2 unspecified atom stereocenters. The molecule has 0 aromatic heterocycles. The summed E-state index contributed by atoms with van der Waals surface area (Å²) in [5.74, 6) is 0.692. The van der Waals surface area contributed by atoms with Crippen molar-refractivity contribution in [1.82, 2.24) is 5.32 Å². The van der Waals surface area contributed by atoms with Crippen LogP contribution < -0.4 is 15.5 Å². The Balaban J connectivity index is 1.68. The van der Waals surface area contributed by atoms with Gasteiger partial charge in [-0.1, -0.05) is 12.1 Å². The van der Waals surface area contributed by atoms with Crippen LogP contribution >= 0.6 is 0 Å². The number of nitrogens with one attached hydrogen (secondary N) is 2. The van der Waals surface area contributed by atoms with Crippen molar-refractivity contribution in [2.24, 2.45) is 5.92 Å². The van der Waals surface area contributed by atoms with E-state index in [1.165, 1.54) is 6.42 Å². The van der Waals surface area contributed by atoms with Gasteiger partial charge in [0.25, 0.3) is 0 Å².